The zero-order valence-electron chi connectivity index (χ0n) is 13.7. The number of fused-ring (bicyclic) bond motifs is 1. The van der Waals surface area contributed by atoms with E-state index in [1.165, 1.54) is 6.07 Å². The summed E-state index contributed by atoms with van der Waals surface area (Å²) in [5.41, 5.74) is 1.94. The quantitative estimate of drug-likeness (QED) is 0.468. The molecule has 0 spiro atoms. The van der Waals surface area contributed by atoms with Crippen LogP contribution in [-0.2, 0) is 6.61 Å². The summed E-state index contributed by atoms with van der Waals surface area (Å²) in [4.78, 5) is 8.93. The lowest BCUT2D eigenvalue weighted by molar-refractivity contribution is 0.298. The first kappa shape index (κ1) is 16.5. The van der Waals surface area contributed by atoms with E-state index in [-0.39, 0.29) is 11.6 Å². The Kier molecular flexibility index (Phi) is 4.50. The van der Waals surface area contributed by atoms with Gasteiger partial charge >= 0.3 is 0 Å². The molecule has 0 radical (unpaired) electrons. The molecule has 26 heavy (non-hydrogen) atoms. The van der Waals surface area contributed by atoms with Gasteiger partial charge in [0, 0.05) is 5.02 Å². The summed E-state index contributed by atoms with van der Waals surface area (Å²) in [5, 5.41) is 1.27. The van der Waals surface area contributed by atoms with Gasteiger partial charge in [-0.15, -0.1) is 0 Å². The van der Waals surface area contributed by atoms with E-state index in [9.17, 15) is 4.39 Å². The van der Waals surface area contributed by atoms with E-state index < -0.39 is 0 Å². The Morgan fingerprint density at radius 2 is 1.65 bits per heavy atom. The van der Waals surface area contributed by atoms with Crippen molar-refractivity contribution in [1.29, 1.82) is 0 Å². The summed E-state index contributed by atoms with van der Waals surface area (Å²) >= 11 is 6.10. The van der Waals surface area contributed by atoms with Crippen LogP contribution in [0.25, 0.3) is 22.3 Å². The summed E-state index contributed by atoms with van der Waals surface area (Å²) in [6, 6.07) is 21.5. The van der Waals surface area contributed by atoms with Gasteiger partial charge in [0.2, 0.25) is 5.88 Å². The molecule has 0 aliphatic rings. The third kappa shape index (κ3) is 3.37. The lowest BCUT2D eigenvalue weighted by Gasteiger charge is -2.11. The summed E-state index contributed by atoms with van der Waals surface area (Å²) in [7, 11) is 0. The van der Waals surface area contributed by atoms with Gasteiger partial charge in [-0.3, -0.25) is 0 Å². The first-order valence-corrected chi connectivity index (χ1v) is 8.47. The van der Waals surface area contributed by atoms with E-state index in [4.69, 9.17) is 16.3 Å². The monoisotopic (exact) mass is 364 g/mol. The van der Waals surface area contributed by atoms with E-state index in [0.29, 0.717) is 28.6 Å². The van der Waals surface area contributed by atoms with E-state index in [0.717, 1.165) is 10.9 Å². The Labute approximate surface area is 155 Å². The van der Waals surface area contributed by atoms with Gasteiger partial charge in [-0.2, -0.15) is 4.98 Å². The summed E-state index contributed by atoms with van der Waals surface area (Å²) in [6.07, 6.45) is 0. The Balaban J connectivity index is 1.80. The highest BCUT2D eigenvalue weighted by atomic mass is 35.5. The fraction of sp³-hybridized carbons (Fsp3) is 0.0476. The molecule has 5 heteroatoms. The van der Waals surface area contributed by atoms with Crippen molar-refractivity contribution in [3.05, 3.63) is 89.2 Å². The molecule has 1 aromatic heterocycles. The largest absolute Gasteiger partial charge is 0.472 e. The average molecular weight is 365 g/mol. The first-order chi connectivity index (χ1) is 12.7. The standard InChI is InChI=1S/C21H14ClFN2O/c22-15-10-11-17-19(12-15)24-20(16-8-4-5-9-18(16)23)25-21(17)26-13-14-6-2-1-3-7-14/h1-12H,13H2. The number of hydrogen-bond donors (Lipinski definition) is 0. The van der Waals surface area contributed by atoms with Gasteiger partial charge in [-0.05, 0) is 35.9 Å². The van der Waals surface area contributed by atoms with Crippen LogP contribution in [0.2, 0.25) is 5.02 Å². The van der Waals surface area contributed by atoms with Crippen LogP contribution >= 0.6 is 11.6 Å². The Morgan fingerprint density at radius 3 is 2.46 bits per heavy atom. The maximum Gasteiger partial charge on any atom is 0.225 e. The molecule has 4 aromatic rings. The maximum atomic E-state index is 14.2. The molecule has 0 atom stereocenters. The van der Waals surface area contributed by atoms with Crippen LogP contribution in [0.4, 0.5) is 4.39 Å². The number of hydrogen-bond acceptors (Lipinski definition) is 3. The van der Waals surface area contributed by atoms with Crippen LogP contribution in [0.5, 0.6) is 5.88 Å². The Bertz CT molecular complexity index is 1070. The molecular weight excluding hydrogens is 351 g/mol. The fourth-order valence-electron chi connectivity index (χ4n) is 2.67. The van der Waals surface area contributed by atoms with Crippen LogP contribution in [0.1, 0.15) is 5.56 Å². The Morgan fingerprint density at radius 1 is 0.885 bits per heavy atom. The number of aromatic nitrogens is 2. The Hall–Kier alpha value is -2.98. The molecule has 0 unspecified atom stereocenters. The molecule has 0 N–H and O–H groups in total. The van der Waals surface area contributed by atoms with Crippen molar-refractivity contribution in [1.82, 2.24) is 9.97 Å². The predicted molar refractivity (Wildman–Crippen MR) is 101 cm³/mol. The van der Waals surface area contributed by atoms with Gasteiger partial charge in [0.05, 0.1) is 16.5 Å². The molecule has 3 nitrogen and oxygen atoms in total. The maximum absolute atomic E-state index is 14.2. The SMILES string of the molecule is Fc1ccccc1-c1nc(OCc2ccccc2)c2ccc(Cl)cc2n1. The van der Waals surface area contributed by atoms with E-state index >= 15 is 0 Å². The second kappa shape index (κ2) is 7.10. The van der Waals surface area contributed by atoms with Crippen molar-refractivity contribution in [2.45, 2.75) is 6.61 Å². The minimum Gasteiger partial charge on any atom is -0.472 e. The topological polar surface area (TPSA) is 35.0 Å². The highest BCUT2D eigenvalue weighted by Crippen LogP contribution is 2.30. The molecule has 0 aliphatic carbocycles. The van der Waals surface area contributed by atoms with Crippen molar-refractivity contribution in [3.63, 3.8) is 0 Å². The lowest BCUT2D eigenvalue weighted by Crippen LogP contribution is -2.01. The summed E-state index contributed by atoms with van der Waals surface area (Å²) < 4.78 is 20.1. The lowest BCUT2D eigenvalue weighted by atomic mass is 10.1. The van der Waals surface area contributed by atoms with Crippen LogP contribution in [0.3, 0.4) is 0 Å². The third-order valence-electron chi connectivity index (χ3n) is 3.96. The molecule has 4 rings (SSSR count). The molecule has 0 amide bonds. The number of halogens is 2. The predicted octanol–water partition coefficient (Wildman–Crippen LogP) is 5.67. The average Bonchev–Trinajstić information content (AvgIpc) is 2.67. The van der Waals surface area contributed by atoms with E-state index in [1.54, 1.807) is 30.3 Å². The molecule has 0 saturated heterocycles. The van der Waals surface area contributed by atoms with E-state index in [1.807, 2.05) is 36.4 Å². The van der Waals surface area contributed by atoms with Crippen LogP contribution in [-0.4, -0.2) is 9.97 Å². The molecule has 0 saturated carbocycles. The van der Waals surface area contributed by atoms with Crippen molar-refractivity contribution in [3.8, 4) is 17.3 Å². The third-order valence-corrected chi connectivity index (χ3v) is 4.19. The van der Waals surface area contributed by atoms with E-state index in [2.05, 4.69) is 9.97 Å². The summed E-state index contributed by atoms with van der Waals surface area (Å²) in [5.74, 6) is 0.276. The molecule has 0 bridgehead atoms. The smallest absolute Gasteiger partial charge is 0.225 e. The number of benzene rings is 3. The van der Waals surface area contributed by atoms with Gasteiger partial charge in [0.15, 0.2) is 5.82 Å². The molecule has 3 aromatic carbocycles. The van der Waals surface area contributed by atoms with Gasteiger partial charge in [0.25, 0.3) is 0 Å². The zero-order valence-corrected chi connectivity index (χ0v) is 14.4. The van der Waals surface area contributed by atoms with Crippen molar-refractivity contribution in [2.75, 3.05) is 0 Å². The van der Waals surface area contributed by atoms with Crippen molar-refractivity contribution in [2.24, 2.45) is 0 Å². The van der Waals surface area contributed by atoms with Crippen LogP contribution in [0.15, 0.2) is 72.8 Å². The van der Waals surface area contributed by atoms with Gasteiger partial charge in [0.1, 0.15) is 12.4 Å². The van der Waals surface area contributed by atoms with Crippen LogP contribution in [0, 0.1) is 5.82 Å². The zero-order chi connectivity index (χ0) is 17.9. The second-order valence-electron chi connectivity index (χ2n) is 5.77. The number of ether oxygens (including phenoxy) is 1. The fourth-order valence-corrected chi connectivity index (χ4v) is 2.84. The minimum absolute atomic E-state index is 0.265. The van der Waals surface area contributed by atoms with Crippen molar-refractivity contribution >= 4 is 22.5 Å². The molecular formula is C21H14ClFN2O. The number of nitrogens with zero attached hydrogens (tertiary/aromatic N) is 2. The molecule has 0 aliphatic heterocycles. The minimum atomic E-state index is -0.386. The van der Waals surface area contributed by atoms with Crippen molar-refractivity contribution < 1.29 is 9.13 Å². The highest BCUT2D eigenvalue weighted by Gasteiger charge is 2.14. The molecule has 128 valence electrons. The molecule has 1 heterocycles. The highest BCUT2D eigenvalue weighted by molar-refractivity contribution is 6.31. The van der Waals surface area contributed by atoms with Crippen LogP contribution < -0.4 is 4.74 Å². The van der Waals surface area contributed by atoms with Gasteiger partial charge in [-0.25, -0.2) is 9.37 Å². The summed E-state index contributed by atoms with van der Waals surface area (Å²) in [6.45, 7) is 0.353. The van der Waals surface area contributed by atoms with Gasteiger partial charge < -0.3 is 4.74 Å². The normalized spacial score (nSPS) is 10.8. The van der Waals surface area contributed by atoms with Gasteiger partial charge in [-0.1, -0.05) is 54.1 Å². The number of rotatable bonds is 4. The molecule has 0 fully saturated rings. The first-order valence-electron chi connectivity index (χ1n) is 8.09. The second-order valence-corrected chi connectivity index (χ2v) is 6.20.